The molecule has 0 bridgehead atoms. The molecule has 0 radical (unpaired) electrons. The number of benzene rings is 1. The molecule has 1 atom stereocenters. The Morgan fingerprint density at radius 3 is 2.60 bits per heavy atom. The fraction of sp³-hybridized carbons (Fsp3) is 0.647. The van der Waals surface area contributed by atoms with Crippen LogP contribution in [0, 0.1) is 0 Å². The van der Waals surface area contributed by atoms with E-state index in [2.05, 4.69) is 72.2 Å². The van der Waals surface area contributed by atoms with E-state index in [1.54, 1.807) is 0 Å². The van der Waals surface area contributed by atoms with Crippen LogP contribution in [0.15, 0.2) is 22.7 Å². The van der Waals surface area contributed by atoms with Crippen LogP contribution in [-0.2, 0) is 0 Å². The Hall–Kier alpha value is -0.540. The Kier molecular flexibility index (Phi) is 8.24. The van der Waals surface area contributed by atoms with Gasteiger partial charge in [0.1, 0.15) is 0 Å². The van der Waals surface area contributed by atoms with Gasteiger partial charge in [0.05, 0.1) is 0 Å². The van der Waals surface area contributed by atoms with Crippen molar-refractivity contribution in [2.24, 2.45) is 0 Å². The average Bonchev–Trinajstić information content (AvgIpc) is 2.44. The van der Waals surface area contributed by atoms with Gasteiger partial charge in [-0.25, -0.2) is 0 Å². The minimum absolute atomic E-state index is 0.385. The van der Waals surface area contributed by atoms with Gasteiger partial charge in [-0.05, 0) is 50.1 Å². The lowest BCUT2D eigenvalue weighted by molar-refractivity contribution is 0.569. The quantitative estimate of drug-likeness (QED) is 0.626. The first-order valence-corrected chi connectivity index (χ1v) is 8.63. The predicted octanol–water partition coefficient (Wildman–Crippen LogP) is 5.14. The van der Waals surface area contributed by atoms with Crippen LogP contribution in [0.5, 0.6) is 0 Å². The van der Waals surface area contributed by atoms with Crippen LogP contribution in [-0.4, -0.2) is 20.1 Å². The van der Waals surface area contributed by atoms with E-state index in [4.69, 9.17) is 0 Å². The predicted molar refractivity (Wildman–Crippen MR) is 93.6 cm³/mol. The Labute approximate surface area is 133 Å². The van der Waals surface area contributed by atoms with Gasteiger partial charge >= 0.3 is 0 Å². The molecule has 1 aromatic carbocycles. The summed E-state index contributed by atoms with van der Waals surface area (Å²) in [4.78, 5) is 2.39. The number of rotatable bonds is 9. The molecule has 0 aliphatic heterocycles. The number of halogens is 1. The van der Waals surface area contributed by atoms with E-state index in [9.17, 15) is 0 Å². The van der Waals surface area contributed by atoms with Crippen LogP contribution in [0.2, 0.25) is 0 Å². The summed E-state index contributed by atoms with van der Waals surface area (Å²) >= 11 is 3.60. The van der Waals surface area contributed by atoms with Crippen molar-refractivity contribution in [2.75, 3.05) is 25.0 Å². The van der Waals surface area contributed by atoms with E-state index in [0.717, 1.165) is 17.6 Å². The van der Waals surface area contributed by atoms with E-state index in [1.807, 2.05) is 0 Å². The zero-order chi connectivity index (χ0) is 15.0. The van der Waals surface area contributed by atoms with Crippen molar-refractivity contribution >= 4 is 21.6 Å². The van der Waals surface area contributed by atoms with Crippen LogP contribution in [0.3, 0.4) is 0 Å². The molecule has 0 aromatic heterocycles. The van der Waals surface area contributed by atoms with Gasteiger partial charge in [-0.15, -0.1) is 0 Å². The minimum Gasteiger partial charge on any atom is -0.374 e. The Morgan fingerprint density at radius 1 is 1.20 bits per heavy atom. The second-order valence-electron chi connectivity index (χ2n) is 5.51. The maximum Gasteiger partial charge on any atom is 0.0412 e. The first-order chi connectivity index (χ1) is 9.60. The summed E-state index contributed by atoms with van der Waals surface area (Å²) in [7, 11) is 2.20. The first kappa shape index (κ1) is 17.5. The van der Waals surface area contributed by atoms with Crippen molar-refractivity contribution in [3.05, 3.63) is 28.2 Å². The fourth-order valence-corrected chi connectivity index (χ4v) is 2.79. The number of nitrogens with one attached hydrogen (secondary N) is 1. The molecule has 0 saturated heterocycles. The maximum absolute atomic E-state index is 3.60. The summed E-state index contributed by atoms with van der Waals surface area (Å²) in [5, 5.41) is 3.59. The molecule has 0 amide bonds. The molecule has 2 nitrogen and oxygen atoms in total. The molecule has 0 fully saturated rings. The molecule has 20 heavy (non-hydrogen) atoms. The van der Waals surface area contributed by atoms with Crippen molar-refractivity contribution < 1.29 is 0 Å². The summed E-state index contributed by atoms with van der Waals surface area (Å²) in [6.07, 6.45) is 5.01. The molecule has 0 saturated carbocycles. The molecule has 114 valence electrons. The molecular weight excluding hydrogens is 312 g/mol. The van der Waals surface area contributed by atoms with Crippen LogP contribution in [0.1, 0.15) is 58.1 Å². The second kappa shape index (κ2) is 9.41. The Bertz CT molecular complexity index is 393. The molecule has 1 unspecified atom stereocenters. The number of unbranched alkanes of at least 4 members (excludes halogenated alkanes) is 2. The van der Waals surface area contributed by atoms with Gasteiger partial charge < -0.3 is 10.2 Å². The lowest BCUT2D eigenvalue weighted by atomic mass is 10.0. The molecule has 1 N–H and O–H groups in total. The second-order valence-corrected chi connectivity index (χ2v) is 6.42. The van der Waals surface area contributed by atoms with Crippen molar-refractivity contribution in [1.29, 1.82) is 0 Å². The molecule has 0 aliphatic carbocycles. The Morgan fingerprint density at radius 2 is 1.95 bits per heavy atom. The number of hydrogen-bond donors (Lipinski definition) is 1. The van der Waals surface area contributed by atoms with E-state index in [0.29, 0.717) is 6.04 Å². The number of hydrogen-bond acceptors (Lipinski definition) is 2. The lowest BCUT2D eigenvalue weighted by Gasteiger charge is -2.26. The Balaban J connectivity index is 2.83. The van der Waals surface area contributed by atoms with E-state index in [-0.39, 0.29) is 0 Å². The third-order valence-electron chi connectivity index (χ3n) is 3.66. The third-order valence-corrected chi connectivity index (χ3v) is 4.16. The van der Waals surface area contributed by atoms with Crippen LogP contribution in [0.4, 0.5) is 5.69 Å². The van der Waals surface area contributed by atoms with Crippen molar-refractivity contribution in [3.63, 3.8) is 0 Å². The fourth-order valence-electron chi connectivity index (χ4n) is 2.41. The van der Waals surface area contributed by atoms with Crippen LogP contribution >= 0.6 is 15.9 Å². The van der Waals surface area contributed by atoms with E-state index >= 15 is 0 Å². The van der Waals surface area contributed by atoms with Crippen LogP contribution < -0.4 is 10.2 Å². The van der Waals surface area contributed by atoms with Gasteiger partial charge in [-0.1, -0.05) is 42.6 Å². The van der Waals surface area contributed by atoms with E-state index < -0.39 is 0 Å². The average molecular weight is 341 g/mol. The van der Waals surface area contributed by atoms with Crippen LogP contribution in [0.25, 0.3) is 0 Å². The maximum atomic E-state index is 3.60. The van der Waals surface area contributed by atoms with Gasteiger partial charge in [0.2, 0.25) is 0 Å². The molecule has 0 aliphatic rings. The van der Waals surface area contributed by atoms with Crippen molar-refractivity contribution in [1.82, 2.24) is 5.32 Å². The summed E-state index contributed by atoms with van der Waals surface area (Å²) in [5.74, 6) is 0. The highest BCUT2D eigenvalue weighted by atomic mass is 79.9. The summed E-state index contributed by atoms with van der Waals surface area (Å²) in [5.41, 5.74) is 2.73. The zero-order valence-corrected chi connectivity index (χ0v) is 15.0. The van der Waals surface area contributed by atoms with Gasteiger partial charge in [-0.3, -0.25) is 0 Å². The molecule has 0 heterocycles. The zero-order valence-electron chi connectivity index (χ0n) is 13.4. The summed E-state index contributed by atoms with van der Waals surface area (Å²) in [6, 6.07) is 7.01. The molecular formula is C17H29BrN2. The van der Waals surface area contributed by atoms with Gasteiger partial charge in [0.15, 0.2) is 0 Å². The third kappa shape index (κ3) is 5.45. The molecule has 3 heteroatoms. The largest absolute Gasteiger partial charge is 0.374 e. The number of nitrogens with zero attached hydrogens (tertiary/aromatic N) is 1. The van der Waals surface area contributed by atoms with Gasteiger partial charge in [-0.2, -0.15) is 0 Å². The highest BCUT2D eigenvalue weighted by Crippen LogP contribution is 2.29. The molecule has 0 spiro atoms. The minimum atomic E-state index is 0.385. The van der Waals surface area contributed by atoms with E-state index in [1.165, 1.54) is 36.9 Å². The standard InChI is InChI=1S/C17H29BrN2/c1-5-7-8-12-20(4)17-10-9-15(18)13-16(17)14(3)19-11-6-2/h9-10,13-14,19H,5-8,11-12H2,1-4H3. The smallest absolute Gasteiger partial charge is 0.0412 e. The topological polar surface area (TPSA) is 15.3 Å². The monoisotopic (exact) mass is 340 g/mol. The SMILES string of the molecule is CCCCCN(C)c1ccc(Br)cc1C(C)NCCC. The van der Waals surface area contributed by atoms with Gasteiger partial charge in [0, 0.05) is 29.8 Å². The van der Waals surface area contributed by atoms with Crippen molar-refractivity contribution in [2.45, 2.75) is 52.5 Å². The highest BCUT2D eigenvalue weighted by Gasteiger charge is 2.13. The normalized spacial score (nSPS) is 12.4. The molecule has 1 rings (SSSR count). The highest BCUT2D eigenvalue weighted by molar-refractivity contribution is 9.10. The first-order valence-electron chi connectivity index (χ1n) is 7.84. The number of anilines is 1. The molecule has 1 aromatic rings. The van der Waals surface area contributed by atoms with Gasteiger partial charge in [0.25, 0.3) is 0 Å². The summed E-state index contributed by atoms with van der Waals surface area (Å²) in [6.45, 7) is 8.90. The van der Waals surface area contributed by atoms with Crippen molar-refractivity contribution in [3.8, 4) is 0 Å². The summed E-state index contributed by atoms with van der Waals surface area (Å²) < 4.78 is 1.16. The lowest BCUT2D eigenvalue weighted by Crippen LogP contribution is -2.25.